The summed E-state index contributed by atoms with van der Waals surface area (Å²) >= 11 is 3.38. The standard InChI is InChI=1S/C15H14BrF2NO/c1-9(19)15(10-3-2-4-11(16)7-10)20-12-5-6-13(17)14(18)8-12/h2-9,15H,19H2,1H3. The fourth-order valence-electron chi connectivity index (χ4n) is 1.86. The molecule has 0 amide bonds. The largest absolute Gasteiger partial charge is 0.484 e. The second-order valence-corrected chi connectivity index (χ2v) is 5.44. The molecule has 2 nitrogen and oxygen atoms in total. The van der Waals surface area contributed by atoms with Crippen LogP contribution < -0.4 is 10.5 Å². The zero-order valence-electron chi connectivity index (χ0n) is 10.8. The highest BCUT2D eigenvalue weighted by Crippen LogP contribution is 2.27. The van der Waals surface area contributed by atoms with E-state index in [2.05, 4.69) is 15.9 Å². The molecule has 0 fully saturated rings. The van der Waals surface area contributed by atoms with Gasteiger partial charge in [-0.2, -0.15) is 0 Å². The fourth-order valence-corrected chi connectivity index (χ4v) is 2.28. The molecule has 0 aliphatic heterocycles. The Labute approximate surface area is 124 Å². The average Bonchev–Trinajstić information content (AvgIpc) is 2.39. The van der Waals surface area contributed by atoms with Gasteiger partial charge in [0.2, 0.25) is 0 Å². The van der Waals surface area contributed by atoms with E-state index in [1.165, 1.54) is 6.07 Å². The average molecular weight is 342 g/mol. The third-order valence-corrected chi connectivity index (χ3v) is 3.30. The summed E-state index contributed by atoms with van der Waals surface area (Å²) in [6, 6.07) is 10.6. The molecule has 0 bridgehead atoms. The number of hydrogen-bond donors (Lipinski definition) is 1. The number of benzene rings is 2. The number of hydrogen-bond acceptors (Lipinski definition) is 2. The lowest BCUT2D eigenvalue weighted by atomic mass is 10.0. The molecule has 5 heteroatoms. The molecule has 20 heavy (non-hydrogen) atoms. The van der Waals surface area contributed by atoms with Gasteiger partial charge in [-0.25, -0.2) is 8.78 Å². The summed E-state index contributed by atoms with van der Waals surface area (Å²) in [4.78, 5) is 0. The molecule has 2 N–H and O–H groups in total. The summed E-state index contributed by atoms with van der Waals surface area (Å²) < 4.78 is 32.7. The van der Waals surface area contributed by atoms with Crippen molar-refractivity contribution in [3.05, 3.63) is 64.1 Å². The molecular weight excluding hydrogens is 328 g/mol. The monoisotopic (exact) mass is 341 g/mol. The van der Waals surface area contributed by atoms with Gasteiger partial charge in [-0.3, -0.25) is 0 Å². The van der Waals surface area contributed by atoms with Crippen molar-refractivity contribution >= 4 is 15.9 Å². The maximum Gasteiger partial charge on any atom is 0.162 e. The van der Waals surface area contributed by atoms with Crippen LogP contribution in [0.1, 0.15) is 18.6 Å². The topological polar surface area (TPSA) is 35.2 Å². The van der Waals surface area contributed by atoms with Gasteiger partial charge in [0, 0.05) is 16.6 Å². The third kappa shape index (κ3) is 3.55. The van der Waals surface area contributed by atoms with Crippen LogP contribution in [0.4, 0.5) is 8.78 Å². The minimum absolute atomic E-state index is 0.242. The Morgan fingerprint density at radius 1 is 1.10 bits per heavy atom. The Balaban J connectivity index is 2.28. The van der Waals surface area contributed by atoms with Crippen molar-refractivity contribution in [2.45, 2.75) is 19.1 Å². The summed E-state index contributed by atoms with van der Waals surface area (Å²) in [6.45, 7) is 1.80. The summed E-state index contributed by atoms with van der Waals surface area (Å²) in [5.41, 5.74) is 6.79. The van der Waals surface area contributed by atoms with E-state index < -0.39 is 17.7 Å². The first-order valence-corrected chi connectivity index (χ1v) is 6.89. The molecule has 0 aliphatic rings. The predicted octanol–water partition coefficient (Wildman–Crippen LogP) is 4.19. The van der Waals surface area contributed by atoms with E-state index in [1.807, 2.05) is 24.3 Å². The molecule has 0 aliphatic carbocycles. The first kappa shape index (κ1) is 14.9. The first-order chi connectivity index (χ1) is 9.47. The van der Waals surface area contributed by atoms with Gasteiger partial charge in [-0.1, -0.05) is 28.1 Å². The van der Waals surface area contributed by atoms with Crippen molar-refractivity contribution in [2.24, 2.45) is 5.73 Å². The Bertz CT molecular complexity index is 604. The minimum Gasteiger partial charge on any atom is -0.484 e. The van der Waals surface area contributed by atoms with Crippen LogP contribution >= 0.6 is 15.9 Å². The summed E-state index contributed by atoms with van der Waals surface area (Å²) in [7, 11) is 0. The highest BCUT2D eigenvalue weighted by atomic mass is 79.9. The Hall–Kier alpha value is -1.46. The molecule has 2 aromatic carbocycles. The van der Waals surface area contributed by atoms with Gasteiger partial charge in [0.05, 0.1) is 0 Å². The van der Waals surface area contributed by atoms with E-state index in [0.717, 1.165) is 22.2 Å². The van der Waals surface area contributed by atoms with Crippen molar-refractivity contribution in [1.29, 1.82) is 0 Å². The molecule has 0 heterocycles. The van der Waals surface area contributed by atoms with Gasteiger partial charge in [0.15, 0.2) is 11.6 Å². The van der Waals surface area contributed by atoms with Crippen LogP contribution in [0.2, 0.25) is 0 Å². The van der Waals surface area contributed by atoms with Gasteiger partial charge in [0.1, 0.15) is 11.9 Å². The quantitative estimate of drug-likeness (QED) is 0.904. The third-order valence-electron chi connectivity index (χ3n) is 2.81. The van der Waals surface area contributed by atoms with E-state index in [9.17, 15) is 8.78 Å². The van der Waals surface area contributed by atoms with Crippen LogP contribution in [0.15, 0.2) is 46.9 Å². The van der Waals surface area contributed by atoms with Crippen molar-refractivity contribution in [1.82, 2.24) is 0 Å². The molecule has 0 saturated carbocycles. The van der Waals surface area contributed by atoms with Crippen molar-refractivity contribution in [3.8, 4) is 5.75 Å². The first-order valence-electron chi connectivity index (χ1n) is 6.10. The van der Waals surface area contributed by atoms with Gasteiger partial charge in [-0.15, -0.1) is 0 Å². The maximum atomic E-state index is 13.2. The van der Waals surface area contributed by atoms with Gasteiger partial charge >= 0.3 is 0 Å². The van der Waals surface area contributed by atoms with Crippen LogP contribution in [-0.2, 0) is 0 Å². The molecule has 106 valence electrons. The van der Waals surface area contributed by atoms with Gasteiger partial charge in [0.25, 0.3) is 0 Å². The number of nitrogens with two attached hydrogens (primary N) is 1. The lowest BCUT2D eigenvalue weighted by molar-refractivity contribution is 0.179. The fraction of sp³-hybridized carbons (Fsp3) is 0.200. The van der Waals surface area contributed by atoms with Crippen LogP contribution in [0, 0.1) is 11.6 Å². The molecule has 2 atom stereocenters. The maximum absolute atomic E-state index is 13.2. The summed E-state index contributed by atoms with van der Waals surface area (Å²) in [5.74, 6) is -1.61. The lowest BCUT2D eigenvalue weighted by Gasteiger charge is -2.23. The van der Waals surface area contributed by atoms with Crippen molar-refractivity contribution < 1.29 is 13.5 Å². The zero-order valence-corrected chi connectivity index (χ0v) is 12.4. The smallest absolute Gasteiger partial charge is 0.162 e. The normalized spacial score (nSPS) is 13.8. The lowest BCUT2D eigenvalue weighted by Crippen LogP contribution is -2.29. The van der Waals surface area contributed by atoms with Gasteiger partial charge < -0.3 is 10.5 Å². The van der Waals surface area contributed by atoms with E-state index in [-0.39, 0.29) is 11.8 Å². The molecule has 0 saturated heterocycles. The van der Waals surface area contributed by atoms with E-state index in [4.69, 9.17) is 10.5 Å². The molecular formula is C15H14BrF2NO. The van der Waals surface area contributed by atoms with Crippen LogP contribution in [0.25, 0.3) is 0 Å². The number of rotatable bonds is 4. The molecule has 2 aromatic rings. The summed E-state index contributed by atoms with van der Waals surface area (Å²) in [6.07, 6.45) is -0.447. The van der Waals surface area contributed by atoms with Crippen LogP contribution in [-0.4, -0.2) is 6.04 Å². The highest BCUT2D eigenvalue weighted by molar-refractivity contribution is 9.10. The second-order valence-electron chi connectivity index (χ2n) is 4.53. The Kier molecular flexibility index (Phi) is 4.73. The van der Waals surface area contributed by atoms with Crippen LogP contribution in [0.3, 0.4) is 0 Å². The Morgan fingerprint density at radius 3 is 2.45 bits per heavy atom. The number of ether oxygens (including phenoxy) is 1. The molecule has 0 radical (unpaired) electrons. The predicted molar refractivity (Wildman–Crippen MR) is 77.5 cm³/mol. The van der Waals surface area contributed by atoms with Gasteiger partial charge in [-0.05, 0) is 36.8 Å². The molecule has 0 aromatic heterocycles. The molecule has 2 rings (SSSR count). The Morgan fingerprint density at radius 2 is 1.85 bits per heavy atom. The zero-order chi connectivity index (χ0) is 14.7. The number of halogens is 3. The molecule has 2 unspecified atom stereocenters. The van der Waals surface area contributed by atoms with Crippen molar-refractivity contribution in [3.63, 3.8) is 0 Å². The van der Waals surface area contributed by atoms with E-state index >= 15 is 0 Å². The van der Waals surface area contributed by atoms with E-state index in [1.54, 1.807) is 6.92 Å². The highest BCUT2D eigenvalue weighted by Gasteiger charge is 2.19. The minimum atomic E-state index is -0.944. The SMILES string of the molecule is CC(N)C(Oc1ccc(F)c(F)c1)c1cccc(Br)c1. The van der Waals surface area contributed by atoms with E-state index in [0.29, 0.717) is 0 Å². The summed E-state index contributed by atoms with van der Waals surface area (Å²) in [5, 5.41) is 0. The van der Waals surface area contributed by atoms with Crippen molar-refractivity contribution in [2.75, 3.05) is 0 Å². The molecule has 0 spiro atoms. The second kappa shape index (κ2) is 6.33. The van der Waals surface area contributed by atoms with Crippen LogP contribution in [0.5, 0.6) is 5.75 Å².